The monoisotopic (exact) mass is 482 g/mol. The van der Waals surface area contributed by atoms with E-state index < -0.39 is 0 Å². The maximum absolute atomic E-state index is 12.0. The van der Waals surface area contributed by atoms with Crippen molar-refractivity contribution in [1.82, 2.24) is 16.0 Å². The van der Waals surface area contributed by atoms with Gasteiger partial charge in [-0.25, -0.2) is 0 Å². The number of aliphatic imine (C=N–C) groups is 1. The van der Waals surface area contributed by atoms with E-state index >= 15 is 0 Å². The van der Waals surface area contributed by atoms with Gasteiger partial charge in [-0.05, 0) is 32.1 Å². The summed E-state index contributed by atoms with van der Waals surface area (Å²) in [4.78, 5) is 16.5. The van der Waals surface area contributed by atoms with Crippen molar-refractivity contribution in [2.45, 2.75) is 71.8 Å². The lowest BCUT2D eigenvalue weighted by Crippen LogP contribution is -2.41. The number of ether oxygens (including phenoxy) is 1. The largest absolute Gasteiger partial charge is 0.381 e. The summed E-state index contributed by atoms with van der Waals surface area (Å²) in [6.45, 7) is 10.0. The number of nitrogens with one attached hydrogen (secondary N) is 3. The quantitative estimate of drug-likeness (QED) is 0.183. The van der Waals surface area contributed by atoms with E-state index in [1.165, 1.54) is 19.3 Å². The summed E-state index contributed by atoms with van der Waals surface area (Å²) in [7, 11) is 0. The molecule has 7 heteroatoms. The minimum Gasteiger partial charge on any atom is -0.381 e. The van der Waals surface area contributed by atoms with Crippen LogP contribution in [0, 0.1) is 5.92 Å². The third kappa shape index (κ3) is 13.6. The standard InChI is InChI=1S/C19H38N4O2.HI/c1-4-20-19(21-12-8-14-25-15-16(2)3)22-13-11-18(24)23-17-9-6-5-7-10-17;/h16-17H,4-15H2,1-3H3,(H,23,24)(H2,20,21,22);1H. The van der Waals surface area contributed by atoms with Gasteiger partial charge in [0.2, 0.25) is 5.91 Å². The molecule has 1 fully saturated rings. The Morgan fingerprint density at radius 1 is 1.19 bits per heavy atom. The van der Waals surface area contributed by atoms with E-state index in [9.17, 15) is 4.79 Å². The number of carbonyl (C=O) groups is 1. The number of hydrogen-bond donors (Lipinski definition) is 3. The summed E-state index contributed by atoms with van der Waals surface area (Å²) in [5, 5.41) is 9.59. The van der Waals surface area contributed by atoms with E-state index in [1.54, 1.807) is 0 Å². The SMILES string of the molecule is CCNC(=NCCCOCC(C)C)NCCC(=O)NC1CCCCC1.I. The van der Waals surface area contributed by atoms with Crippen LogP contribution in [0.1, 0.15) is 65.7 Å². The third-order valence-corrected chi connectivity index (χ3v) is 4.13. The van der Waals surface area contributed by atoms with Crippen LogP contribution in [0.5, 0.6) is 0 Å². The van der Waals surface area contributed by atoms with Crippen LogP contribution in [-0.2, 0) is 9.53 Å². The van der Waals surface area contributed by atoms with Crippen molar-refractivity contribution in [2.75, 3.05) is 32.8 Å². The van der Waals surface area contributed by atoms with E-state index in [-0.39, 0.29) is 29.9 Å². The van der Waals surface area contributed by atoms with Gasteiger partial charge in [0.25, 0.3) is 0 Å². The summed E-state index contributed by atoms with van der Waals surface area (Å²) >= 11 is 0. The molecule has 0 radical (unpaired) electrons. The zero-order chi connectivity index (χ0) is 18.3. The number of halogens is 1. The lowest BCUT2D eigenvalue weighted by molar-refractivity contribution is -0.121. The van der Waals surface area contributed by atoms with Crippen molar-refractivity contribution in [3.63, 3.8) is 0 Å². The second kappa shape index (κ2) is 16.6. The first-order valence-corrected chi connectivity index (χ1v) is 10.0. The Balaban J connectivity index is 0.00000625. The Kier molecular flexibility index (Phi) is 16.2. The highest BCUT2D eigenvalue weighted by Gasteiger charge is 2.15. The average molecular weight is 482 g/mol. The molecule has 0 heterocycles. The molecule has 0 aliphatic heterocycles. The number of guanidine groups is 1. The molecular weight excluding hydrogens is 443 g/mol. The van der Waals surface area contributed by atoms with Crippen LogP contribution in [0.25, 0.3) is 0 Å². The van der Waals surface area contributed by atoms with E-state index in [0.29, 0.717) is 24.9 Å². The predicted molar refractivity (Wildman–Crippen MR) is 119 cm³/mol. The molecule has 26 heavy (non-hydrogen) atoms. The topological polar surface area (TPSA) is 74.8 Å². The van der Waals surface area contributed by atoms with Gasteiger partial charge in [0.15, 0.2) is 5.96 Å². The van der Waals surface area contributed by atoms with Crippen LogP contribution in [0.2, 0.25) is 0 Å². The molecule has 0 bridgehead atoms. The molecule has 1 rings (SSSR count). The fourth-order valence-corrected chi connectivity index (χ4v) is 2.86. The summed E-state index contributed by atoms with van der Waals surface area (Å²) < 4.78 is 5.56. The molecule has 1 amide bonds. The molecule has 154 valence electrons. The average Bonchev–Trinajstić information content (AvgIpc) is 2.58. The second-order valence-electron chi connectivity index (χ2n) is 7.16. The van der Waals surface area contributed by atoms with E-state index in [0.717, 1.165) is 51.5 Å². The zero-order valence-corrected chi connectivity index (χ0v) is 19.1. The fraction of sp³-hybridized carbons (Fsp3) is 0.895. The van der Waals surface area contributed by atoms with Crippen LogP contribution in [0.3, 0.4) is 0 Å². The molecule has 0 spiro atoms. The lowest BCUT2D eigenvalue weighted by atomic mass is 9.95. The Hall–Kier alpha value is -0.570. The number of nitrogens with zero attached hydrogens (tertiary/aromatic N) is 1. The highest BCUT2D eigenvalue weighted by atomic mass is 127. The van der Waals surface area contributed by atoms with Gasteiger partial charge in [0.05, 0.1) is 0 Å². The summed E-state index contributed by atoms with van der Waals surface area (Å²) in [6, 6.07) is 0.383. The summed E-state index contributed by atoms with van der Waals surface area (Å²) in [5.74, 6) is 1.48. The van der Waals surface area contributed by atoms with Crippen LogP contribution >= 0.6 is 24.0 Å². The Morgan fingerprint density at radius 3 is 2.58 bits per heavy atom. The third-order valence-electron chi connectivity index (χ3n) is 4.13. The molecule has 1 aliphatic carbocycles. The van der Waals surface area contributed by atoms with Crippen molar-refractivity contribution >= 4 is 35.8 Å². The molecule has 6 nitrogen and oxygen atoms in total. The first kappa shape index (κ1) is 25.4. The number of amides is 1. The molecule has 1 saturated carbocycles. The molecule has 0 aromatic rings. The van der Waals surface area contributed by atoms with Crippen molar-refractivity contribution in [3.8, 4) is 0 Å². The maximum Gasteiger partial charge on any atom is 0.221 e. The van der Waals surface area contributed by atoms with Gasteiger partial charge in [0, 0.05) is 45.3 Å². The zero-order valence-electron chi connectivity index (χ0n) is 16.8. The summed E-state index contributed by atoms with van der Waals surface area (Å²) in [6.07, 6.45) is 7.43. The Labute approximate surface area is 176 Å². The number of carbonyl (C=O) groups excluding carboxylic acids is 1. The minimum absolute atomic E-state index is 0. The van der Waals surface area contributed by atoms with Crippen LogP contribution < -0.4 is 16.0 Å². The maximum atomic E-state index is 12.0. The van der Waals surface area contributed by atoms with Gasteiger partial charge >= 0.3 is 0 Å². The van der Waals surface area contributed by atoms with E-state index in [1.807, 2.05) is 6.92 Å². The lowest BCUT2D eigenvalue weighted by Gasteiger charge is -2.22. The molecule has 0 saturated heterocycles. The highest BCUT2D eigenvalue weighted by molar-refractivity contribution is 14.0. The van der Waals surface area contributed by atoms with Crippen molar-refractivity contribution in [1.29, 1.82) is 0 Å². The van der Waals surface area contributed by atoms with E-state index in [4.69, 9.17) is 4.74 Å². The molecule has 0 aromatic heterocycles. The van der Waals surface area contributed by atoms with Gasteiger partial charge in [-0.3, -0.25) is 9.79 Å². The van der Waals surface area contributed by atoms with Crippen molar-refractivity contribution < 1.29 is 9.53 Å². The fourth-order valence-electron chi connectivity index (χ4n) is 2.86. The Morgan fingerprint density at radius 2 is 1.92 bits per heavy atom. The van der Waals surface area contributed by atoms with Crippen molar-refractivity contribution in [2.24, 2.45) is 10.9 Å². The van der Waals surface area contributed by atoms with Gasteiger partial charge < -0.3 is 20.7 Å². The second-order valence-corrected chi connectivity index (χ2v) is 7.16. The normalized spacial score (nSPS) is 15.5. The predicted octanol–water partition coefficient (Wildman–Crippen LogP) is 3.06. The summed E-state index contributed by atoms with van der Waals surface area (Å²) in [5.41, 5.74) is 0. The van der Waals surface area contributed by atoms with Gasteiger partial charge in [-0.15, -0.1) is 24.0 Å². The van der Waals surface area contributed by atoms with Crippen LogP contribution in [0.15, 0.2) is 4.99 Å². The highest BCUT2D eigenvalue weighted by Crippen LogP contribution is 2.17. The molecule has 0 unspecified atom stereocenters. The van der Waals surface area contributed by atoms with Gasteiger partial charge in [-0.2, -0.15) is 0 Å². The molecule has 0 atom stereocenters. The first-order chi connectivity index (χ1) is 12.1. The molecular formula is C19H39IN4O2. The number of hydrogen-bond acceptors (Lipinski definition) is 3. The Bertz CT molecular complexity index is 386. The number of rotatable bonds is 11. The van der Waals surface area contributed by atoms with Gasteiger partial charge in [0.1, 0.15) is 0 Å². The molecule has 3 N–H and O–H groups in total. The van der Waals surface area contributed by atoms with Gasteiger partial charge in [-0.1, -0.05) is 33.1 Å². The van der Waals surface area contributed by atoms with Crippen LogP contribution in [0.4, 0.5) is 0 Å². The van der Waals surface area contributed by atoms with E-state index in [2.05, 4.69) is 34.8 Å². The van der Waals surface area contributed by atoms with Crippen molar-refractivity contribution in [3.05, 3.63) is 0 Å². The molecule has 1 aliphatic rings. The smallest absolute Gasteiger partial charge is 0.221 e. The van der Waals surface area contributed by atoms with Crippen LogP contribution in [-0.4, -0.2) is 50.8 Å². The molecule has 0 aromatic carbocycles. The minimum atomic E-state index is 0. The first-order valence-electron chi connectivity index (χ1n) is 10.0.